The lowest BCUT2D eigenvalue weighted by molar-refractivity contribution is 0.0939. The zero-order valence-electron chi connectivity index (χ0n) is 10.7. The van der Waals surface area contributed by atoms with E-state index in [4.69, 9.17) is 10.7 Å². The summed E-state index contributed by atoms with van der Waals surface area (Å²) in [5.74, 6) is -1.46. The van der Waals surface area contributed by atoms with Crippen LogP contribution in [0.4, 0.5) is 4.39 Å². The summed E-state index contributed by atoms with van der Waals surface area (Å²) in [5.41, 5.74) is -0.303. The largest absolute Gasteiger partial charge is 0.349 e. The normalized spacial score (nSPS) is 14.6. The third kappa shape index (κ3) is 4.84. The molecule has 0 aromatic heterocycles. The molecule has 9 heteroatoms. The quantitative estimate of drug-likeness (QED) is 0.817. The van der Waals surface area contributed by atoms with Crippen molar-refractivity contribution in [3.8, 4) is 0 Å². The molecule has 1 rings (SSSR count). The van der Waals surface area contributed by atoms with Crippen molar-refractivity contribution in [2.75, 3.05) is 12.0 Å². The summed E-state index contributed by atoms with van der Waals surface area (Å²) in [6.45, 7) is 1.63. The van der Waals surface area contributed by atoms with Crippen molar-refractivity contribution < 1.29 is 21.8 Å². The number of benzene rings is 1. The molecule has 2 unspecified atom stereocenters. The van der Waals surface area contributed by atoms with Gasteiger partial charge in [-0.05, 0) is 25.1 Å². The van der Waals surface area contributed by atoms with Crippen molar-refractivity contribution in [3.05, 3.63) is 29.6 Å². The molecule has 112 valence electrons. The first-order chi connectivity index (χ1) is 9.11. The summed E-state index contributed by atoms with van der Waals surface area (Å²) in [5, 5.41) is 2.47. The van der Waals surface area contributed by atoms with E-state index in [1.165, 1.54) is 6.26 Å². The fourth-order valence-corrected chi connectivity index (χ4v) is 3.08. The fraction of sp³-hybridized carbons (Fsp3) is 0.364. The van der Waals surface area contributed by atoms with Crippen molar-refractivity contribution in [2.45, 2.75) is 17.9 Å². The molecular weight excluding hydrogens is 329 g/mol. The smallest absolute Gasteiger partial charge is 0.261 e. The molecule has 0 fully saturated rings. The molecule has 1 aromatic rings. The Kier molecular flexibility index (Phi) is 5.67. The number of rotatable bonds is 5. The minimum Gasteiger partial charge on any atom is -0.349 e. The molecule has 0 radical (unpaired) electrons. The molecule has 0 aliphatic heterocycles. The molecule has 1 N–H and O–H groups in total. The van der Waals surface area contributed by atoms with Crippen LogP contribution in [-0.4, -0.2) is 36.6 Å². The van der Waals surface area contributed by atoms with Gasteiger partial charge in [-0.15, -0.1) is 0 Å². The van der Waals surface area contributed by atoms with Gasteiger partial charge in [-0.1, -0.05) is 0 Å². The second-order valence-corrected chi connectivity index (χ2v) is 8.24. The highest BCUT2D eigenvalue weighted by molar-refractivity contribution is 8.13. The van der Waals surface area contributed by atoms with Crippen molar-refractivity contribution in [2.24, 2.45) is 0 Å². The summed E-state index contributed by atoms with van der Waals surface area (Å²) in [6.07, 6.45) is 1.49. The highest BCUT2D eigenvalue weighted by Gasteiger charge is 2.18. The molecule has 0 saturated carbocycles. The lowest BCUT2D eigenvalue weighted by Gasteiger charge is -2.13. The summed E-state index contributed by atoms with van der Waals surface area (Å²) in [6, 6.07) is 2.36. The Hall–Kier alpha value is -0.990. The standard InChI is InChI=1S/C11H13ClFNO4S2/c1-7(6-19(2)16)14-11(15)9-4-3-8(5-10(9)13)20(12,17)18/h3-5,7H,6H2,1-2H3,(H,14,15). The topological polar surface area (TPSA) is 80.3 Å². The first-order valence-corrected chi connectivity index (χ1v) is 9.50. The lowest BCUT2D eigenvalue weighted by atomic mass is 10.2. The van der Waals surface area contributed by atoms with Gasteiger partial charge >= 0.3 is 0 Å². The van der Waals surface area contributed by atoms with Crippen LogP contribution in [0.15, 0.2) is 23.1 Å². The molecule has 0 spiro atoms. The number of nitrogens with one attached hydrogen (secondary N) is 1. The monoisotopic (exact) mass is 341 g/mol. The third-order valence-electron chi connectivity index (χ3n) is 2.33. The fourth-order valence-electron chi connectivity index (χ4n) is 1.53. The zero-order valence-corrected chi connectivity index (χ0v) is 13.1. The van der Waals surface area contributed by atoms with Crippen LogP contribution >= 0.6 is 10.7 Å². The molecule has 0 bridgehead atoms. The Morgan fingerprint density at radius 3 is 2.55 bits per heavy atom. The SMILES string of the molecule is CC(CS(C)=O)NC(=O)c1ccc(S(=O)(=O)Cl)cc1F. The zero-order chi connectivity index (χ0) is 15.5. The van der Waals surface area contributed by atoms with E-state index >= 15 is 0 Å². The van der Waals surface area contributed by atoms with Crippen LogP contribution in [0.2, 0.25) is 0 Å². The van der Waals surface area contributed by atoms with Crippen molar-refractivity contribution in [1.29, 1.82) is 0 Å². The van der Waals surface area contributed by atoms with E-state index < -0.39 is 42.5 Å². The van der Waals surface area contributed by atoms with E-state index in [2.05, 4.69) is 5.32 Å². The number of hydrogen-bond donors (Lipinski definition) is 1. The van der Waals surface area contributed by atoms with Gasteiger partial charge in [-0.2, -0.15) is 0 Å². The second kappa shape index (κ2) is 6.64. The van der Waals surface area contributed by atoms with Gasteiger partial charge in [0.05, 0.1) is 10.5 Å². The molecule has 20 heavy (non-hydrogen) atoms. The van der Waals surface area contributed by atoms with Crippen molar-refractivity contribution >= 4 is 36.4 Å². The molecular formula is C11H13ClFNO4S2. The maximum Gasteiger partial charge on any atom is 0.261 e. The molecule has 0 aliphatic rings. The van der Waals surface area contributed by atoms with E-state index in [0.717, 1.165) is 12.1 Å². The summed E-state index contributed by atoms with van der Waals surface area (Å²) >= 11 is 0. The molecule has 0 heterocycles. The van der Waals surface area contributed by atoms with E-state index in [-0.39, 0.29) is 11.3 Å². The Labute approximate surface area is 123 Å². The van der Waals surface area contributed by atoms with Crippen LogP contribution in [0.25, 0.3) is 0 Å². The van der Waals surface area contributed by atoms with Crippen LogP contribution in [-0.2, 0) is 19.9 Å². The highest BCUT2D eigenvalue weighted by Crippen LogP contribution is 2.18. The molecule has 1 aromatic carbocycles. The Balaban J connectivity index is 2.93. The Morgan fingerprint density at radius 1 is 1.50 bits per heavy atom. The predicted octanol–water partition coefficient (Wildman–Crippen LogP) is 1.25. The third-order valence-corrected chi connectivity index (χ3v) is 4.65. The summed E-state index contributed by atoms with van der Waals surface area (Å²) < 4.78 is 46.8. The number of amides is 1. The summed E-state index contributed by atoms with van der Waals surface area (Å²) in [4.78, 5) is 11.4. The van der Waals surface area contributed by atoms with Gasteiger partial charge in [0.15, 0.2) is 0 Å². The maximum atomic E-state index is 13.7. The minimum absolute atomic E-state index is 0.238. The molecule has 0 saturated heterocycles. The van der Waals surface area contributed by atoms with E-state index in [1.54, 1.807) is 6.92 Å². The molecule has 2 atom stereocenters. The van der Waals surface area contributed by atoms with Gasteiger partial charge in [0.2, 0.25) is 0 Å². The van der Waals surface area contributed by atoms with Crippen molar-refractivity contribution in [3.63, 3.8) is 0 Å². The average Bonchev–Trinajstić information content (AvgIpc) is 2.25. The lowest BCUT2D eigenvalue weighted by Crippen LogP contribution is -2.36. The molecule has 0 aliphatic carbocycles. The van der Waals surface area contributed by atoms with E-state index in [0.29, 0.717) is 6.07 Å². The van der Waals surface area contributed by atoms with E-state index in [9.17, 15) is 21.8 Å². The van der Waals surface area contributed by atoms with Gasteiger partial charge in [0, 0.05) is 39.5 Å². The number of carbonyl (C=O) groups excluding carboxylic acids is 1. The van der Waals surface area contributed by atoms with Gasteiger partial charge in [-0.25, -0.2) is 12.8 Å². The number of carbonyl (C=O) groups is 1. The Bertz CT molecular complexity index is 648. The number of hydrogen-bond acceptors (Lipinski definition) is 4. The van der Waals surface area contributed by atoms with Crippen LogP contribution in [0.3, 0.4) is 0 Å². The Morgan fingerprint density at radius 2 is 2.10 bits per heavy atom. The number of halogens is 2. The van der Waals surface area contributed by atoms with Gasteiger partial charge in [0.25, 0.3) is 15.0 Å². The summed E-state index contributed by atoms with van der Waals surface area (Å²) in [7, 11) is -0.0657. The average molecular weight is 342 g/mol. The maximum absolute atomic E-state index is 13.7. The van der Waals surface area contributed by atoms with Gasteiger partial charge in [-0.3, -0.25) is 9.00 Å². The van der Waals surface area contributed by atoms with Gasteiger partial charge in [0.1, 0.15) is 5.82 Å². The predicted molar refractivity (Wildman–Crippen MR) is 75.3 cm³/mol. The second-order valence-electron chi connectivity index (χ2n) is 4.19. The first-order valence-electron chi connectivity index (χ1n) is 5.46. The van der Waals surface area contributed by atoms with Crippen molar-refractivity contribution in [1.82, 2.24) is 5.32 Å². The van der Waals surface area contributed by atoms with E-state index in [1.807, 2.05) is 0 Å². The van der Waals surface area contributed by atoms with Crippen LogP contribution in [0.1, 0.15) is 17.3 Å². The van der Waals surface area contributed by atoms with Crippen LogP contribution in [0.5, 0.6) is 0 Å². The first kappa shape index (κ1) is 17.1. The van der Waals surface area contributed by atoms with Crippen LogP contribution < -0.4 is 5.32 Å². The highest BCUT2D eigenvalue weighted by atomic mass is 35.7. The molecule has 1 amide bonds. The van der Waals surface area contributed by atoms with Crippen LogP contribution in [0, 0.1) is 5.82 Å². The molecule has 5 nitrogen and oxygen atoms in total. The van der Waals surface area contributed by atoms with Gasteiger partial charge < -0.3 is 5.32 Å². The minimum atomic E-state index is -4.05.